The first-order chi connectivity index (χ1) is 8.22. The van der Waals surface area contributed by atoms with Gasteiger partial charge in [-0.15, -0.1) is 0 Å². The molecule has 0 rings (SSSR count). The Morgan fingerprint density at radius 3 is 1.94 bits per heavy atom. The van der Waals surface area contributed by atoms with Crippen molar-refractivity contribution in [2.75, 3.05) is 6.61 Å². The van der Waals surface area contributed by atoms with E-state index in [1.54, 1.807) is 0 Å². The summed E-state index contributed by atoms with van der Waals surface area (Å²) in [6, 6.07) is -1.58. The third-order valence-electron chi connectivity index (χ3n) is 2.39. The van der Waals surface area contributed by atoms with Crippen molar-refractivity contribution >= 4 is 11.8 Å². The number of rotatable bonds is 8. The normalized spacial score (nSPS) is 19.7. The van der Waals surface area contributed by atoms with Gasteiger partial charge in [0.05, 0.1) is 18.8 Å². The van der Waals surface area contributed by atoms with Gasteiger partial charge in [0.2, 0.25) is 0 Å². The molecule has 9 nitrogen and oxygen atoms in total. The number of hydrogen-bond acceptors (Lipinski definition) is 9. The highest BCUT2D eigenvalue weighted by molar-refractivity contribution is 6.31. The monoisotopic (exact) mass is 266 g/mol. The molecule has 5 atom stereocenters. The van der Waals surface area contributed by atoms with Crippen molar-refractivity contribution in [1.29, 1.82) is 0 Å². The highest BCUT2D eigenvalue weighted by atomic mass is 16.4. The summed E-state index contributed by atoms with van der Waals surface area (Å²) < 4.78 is 0. The molecule has 0 fully saturated rings. The van der Waals surface area contributed by atoms with Gasteiger partial charge in [-0.2, -0.15) is 0 Å². The van der Waals surface area contributed by atoms with Gasteiger partial charge in [-0.25, -0.2) is 0 Å². The highest BCUT2D eigenvalue weighted by Crippen LogP contribution is 2.09. The average Bonchev–Trinajstić information content (AvgIpc) is 2.34. The largest absolute Gasteiger partial charge is 0.542 e. The van der Waals surface area contributed by atoms with Gasteiger partial charge in [-0.3, -0.25) is 4.79 Å². The smallest absolute Gasteiger partial charge is 0.180 e. The maximum absolute atomic E-state index is 10.7. The van der Waals surface area contributed by atoms with Gasteiger partial charge in [-0.05, 0) is 0 Å². The quantitative estimate of drug-likeness (QED) is 0.233. The van der Waals surface area contributed by atoms with Gasteiger partial charge >= 0.3 is 0 Å². The molecule has 9 heteroatoms. The zero-order valence-corrected chi connectivity index (χ0v) is 9.34. The van der Waals surface area contributed by atoms with Crippen molar-refractivity contribution in [1.82, 2.24) is 0 Å². The van der Waals surface area contributed by atoms with Crippen molar-refractivity contribution in [3.05, 3.63) is 0 Å². The second-order valence-corrected chi connectivity index (χ2v) is 3.79. The lowest BCUT2D eigenvalue weighted by molar-refractivity contribution is -0.300. The first-order valence-electron chi connectivity index (χ1n) is 5.05. The van der Waals surface area contributed by atoms with E-state index >= 15 is 0 Å². The average molecular weight is 266 g/mol. The summed E-state index contributed by atoms with van der Waals surface area (Å²) in [6.45, 7) is -0.848. The Morgan fingerprint density at radius 2 is 1.56 bits per heavy atom. The minimum atomic E-state index is -2.01. The Kier molecular flexibility index (Phi) is 6.91. The van der Waals surface area contributed by atoms with Crippen molar-refractivity contribution in [2.45, 2.75) is 36.9 Å². The number of nitrogens with two attached hydrogens (primary N) is 1. The number of carbonyl (C=O) groups is 2. The lowest BCUT2D eigenvalue weighted by Crippen LogP contribution is -2.55. The zero-order chi connectivity index (χ0) is 14.5. The predicted molar refractivity (Wildman–Crippen MR) is 53.7 cm³/mol. The molecule has 0 radical (unpaired) electrons. The van der Waals surface area contributed by atoms with E-state index < -0.39 is 55.2 Å². The van der Waals surface area contributed by atoms with E-state index in [4.69, 9.17) is 15.9 Å². The second kappa shape index (κ2) is 7.36. The SMILES string of the molecule is N[C@@H]([C@@H](O)[C@H](O)[C@H](O)CO)[C@@H](O)CC(=O)C(=O)[O-]. The van der Waals surface area contributed by atoms with Crippen LogP contribution in [-0.2, 0) is 9.59 Å². The molecule has 0 aromatic rings. The van der Waals surface area contributed by atoms with Crippen LogP contribution in [0.1, 0.15) is 6.42 Å². The predicted octanol–water partition coefficient (Wildman–Crippen LogP) is -5.54. The molecule has 0 bridgehead atoms. The van der Waals surface area contributed by atoms with E-state index in [0.717, 1.165) is 0 Å². The number of aliphatic hydroxyl groups is 5. The summed E-state index contributed by atoms with van der Waals surface area (Å²) in [4.78, 5) is 20.8. The number of carboxylic acids is 1. The molecule has 0 aromatic heterocycles. The first-order valence-corrected chi connectivity index (χ1v) is 5.05. The molecule has 18 heavy (non-hydrogen) atoms. The summed E-state index contributed by atoms with van der Waals surface area (Å²) in [7, 11) is 0. The number of carboxylic acid groups (broad SMARTS) is 1. The molecule has 106 valence electrons. The van der Waals surface area contributed by atoms with Crippen LogP contribution in [0.15, 0.2) is 0 Å². The molecular formula is C9H16NO8-. The third-order valence-corrected chi connectivity index (χ3v) is 2.39. The maximum Gasteiger partial charge on any atom is 0.180 e. The summed E-state index contributed by atoms with van der Waals surface area (Å²) in [5, 5.41) is 55.7. The summed E-state index contributed by atoms with van der Waals surface area (Å²) in [6.07, 6.45) is -8.03. The van der Waals surface area contributed by atoms with Crippen LogP contribution in [0.4, 0.5) is 0 Å². The number of ketones is 1. The van der Waals surface area contributed by atoms with Crippen LogP contribution in [0.5, 0.6) is 0 Å². The number of carbonyl (C=O) groups excluding carboxylic acids is 2. The summed E-state index contributed by atoms with van der Waals surface area (Å²) in [5.74, 6) is -3.42. The lowest BCUT2D eigenvalue weighted by atomic mass is 9.95. The number of hydrogen-bond donors (Lipinski definition) is 6. The molecule has 0 saturated heterocycles. The molecule has 0 aliphatic carbocycles. The zero-order valence-electron chi connectivity index (χ0n) is 9.34. The fourth-order valence-electron chi connectivity index (χ4n) is 1.20. The van der Waals surface area contributed by atoms with Gasteiger partial charge in [0.15, 0.2) is 5.78 Å². The second-order valence-electron chi connectivity index (χ2n) is 3.79. The lowest BCUT2D eigenvalue weighted by Gasteiger charge is -2.29. The Morgan fingerprint density at radius 1 is 1.06 bits per heavy atom. The molecule has 0 aliphatic rings. The van der Waals surface area contributed by atoms with E-state index in [0.29, 0.717) is 0 Å². The molecule has 0 spiro atoms. The Balaban J connectivity index is 4.49. The van der Waals surface area contributed by atoms with Gasteiger partial charge < -0.3 is 41.2 Å². The van der Waals surface area contributed by atoms with Crippen LogP contribution in [-0.4, -0.2) is 74.3 Å². The molecular weight excluding hydrogens is 250 g/mol. The van der Waals surface area contributed by atoms with Gasteiger partial charge in [0.1, 0.15) is 24.3 Å². The van der Waals surface area contributed by atoms with E-state index in [-0.39, 0.29) is 0 Å². The minimum absolute atomic E-state index is 0.848. The Hall–Kier alpha value is -1.10. The fraction of sp³-hybridized carbons (Fsp3) is 0.778. The molecule has 0 aliphatic heterocycles. The third kappa shape index (κ3) is 4.64. The molecule has 0 heterocycles. The summed E-state index contributed by atoms with van der Waals surface area (Å²) in [5.41, 5.74) is 5.28. The molecule has 0 unspecified atom stereocenters. The number of aliphatic hydroxyl groups excluding tert-OH is 5. The van der Waals surface area contributed by atoms with E-state index in [9.17, 15) is 30.0 Å². The van der Waals surface area contributed by atoms with Gasteiger partial charge in [0.25, 0.3) is 0 Å². The highest BCUT2D eigenvalue weighted by Gasteiger charge is 2.33. The Labute approximate surface area is 102 Å². The van der Waals surface area contributed by atoms with Crippen LogP contribution >= 0.6 is 0 Å². The van der Waals surface area contributed by atoms with E-state index in [1.165, 1.54) is 0 Å². The maximum atomic E-state index is 10.7. The van der Waals surface area contributed by atoms with Gasteiger partial charge in [-0.1, -0.05) is 0 Å². The van der Waals surface area contributed by atoms with Crippen LogP contribution in [0.3, 0.4) is 0 Å². The van der Waals surface area contributed by atoms with Crippen LogP contribution in [0, 0.1) is 0 Å². The van der Waals surface area contributed by atoms with E-state index in [2.05, 4.69) is 0 Å². The minimum Gasteiger partial charge on any atom is -0.542 e. The molecule has 7 N–H and O–H groups in total. The molecule has 0 amide bonds. The van der Waals surface area contributed by atoms with Crippen molar-refractivity contribution in [3.63, 3.8) is 0 Å². The van der Waals surface area contributed by atoms with Crippen LogP contribution in [0.25, 0.3) is 0 Å². The molecule has 0 aromatic carbocycles. The standard InChI is InChI=1S/C9H17NO8/c10-6(3(12)1-4(13)9(17)18)8(16)7(15)5(14)2-11/h3,5-8,11-12,14-16H,1-2,10H2,(H,17,18)/p-1/t3-,5+,6+,7+,8+/m0/s1. The van der Waals surface area contributed by atoms with Crippen LogP contribution < -0.4 is 10.8 Å². The number of Topliss-reactive ketones (excluding diaryl/α,β-unsaturated/α-hetero) is 1. The fourth-order valence-corrected chi connectivity index (χ4v) is 1.20. The Bertz CT molecular complexity index is 296. The topological polar surface area (TPSA) is 184 Å². The van der Waals surface area contributed by atoms with Gasteiger partial charge in [0, 0.05) is 6.42 Å². The van der Waals surface area contributed by atoms with Crippen molar-refractivity contribution in [3.8, 4) is 0 Å². The number of aliphatic carboxylic acids is 1. The van der Waals surface area contributed by atoms with Crippen LogP contribution in [0.2, 0.25) is 0 Å². The van der Waals surface area contributed by atoms with Crippen molar-refractivity contribution < 1.29 is 40.2 Å². The molecule has 0 saturated carbocycles. The van der Waals surface area contributed by atoms with Crippen molar-refractivity contribution in [2.24, 2.45) is 5.73 Å². The summed E-state index contributed by atoms with van der Waals surface area (Å²) >= 11 is 0. The first kappa shape index (κ1) is 16.9. The van der Waals surface area contributed by atoms with E-state index in [1.807, 2.05) is 0 Å².